The van der Waals surface area contributed by atoms with Crippen LogP contribution in [-0.4, -0.2) is 41.0 Å². The third-order valence-corrected chi connectivity index (χ3v) is 5.09. The van der Waals surface area contributed by atoms with Crippen LogP contribution in [0.2, 0.25) is 0 Å². The van der Waals surface area contributed by atoms with Crippen molar-refractivity contribution in [1.29, 1.82) is 0 Å². The van der Waals surface area contributed by atoms with Crippen molar-refractivity contribution < 1.29 is 28.8 Å². The first-order valence-electron chi connectivity index (χ1n) is 9.21. The number of hydrogen-bond acceptors (Lipinski definition) is 6. The quantitative estimate of drug-likeness (QED) is 0.810. The van der Waals surface area contributed by atoms with E-state index >= 15 is 0 Å². The fourth-order valence-corrected chi connectivity index (χ4v) is 3.55. The molecule has 1 aromatic rings. The summed E-state index contributed by atoms with van der Waals surface area (Å²) >= 11 is 0. The molecule has 5 atom stereocenters. The number of esters is 1. The second-order valence-electron chi connectivity index (χ2n) is 7.66. The lowest BCUT2D eigenvalue weighted by molar-refractivity contribution is -0.291. The molecular formula is C20H28O6. The van der Waals surface area contributed by atoms with Crippen LogP contribution in [0.25, 0.3) is 0 Å². The molecule has 6 nitrogen and oxygen atoms in total. The maximum atomic E-state index is 12.6. The van der Waals surface area contributed by atoms with Crippen molar-refractivity contribution in [1.82, 2.24) is 0 Å². The summed E-state index contributed by atoms with van der Waals surface area (Å²) in [4.78, 5) is 12.6. The van der Waals surface area contributed by atoms with Gasteiger partial charge in [0.05, 0.1) is 12.2 Å². The van der Waals surface area contributed by atoms with Crippen molar-refractivity contribution in [2.75, 3.05) is 0 Å². The van der Waals surface area contributed by atoms with E-state index < -0.39 is 29.8 Å². The van der Waals surface area contributed by atoms with Gasteiger partial charge in [0.25, 0.3) is 5.79 Å². The zero-order valence-corrected chi connectivity index (χ0v) is 15.8. The number of rotatable bonds is 5. The second-order valence-corrected chi connectivity index (χ2v) is 7.66. The summed E-state index contributed by atoms with van der Waals surface area (Å²) in [5.41, 5.74) is 0.846. The number of hydrogen-bond donors (Lipinski definition) is 1. The van der Waals surface area contributed by atoms with Gasteiger partial charge in [0.2, 0.25) is 0 Å². The smallest absolute Gasteiger partial charge is 0.367 e. The Kier molecular flexibility index (Phi) is 5.40. The van der Waals surface area contributed by atoms with Crippen LogP contribution < -0.4 is 0 Å². The van der Waals surface area contributed by atoms with Gasteiger partial charge < -0.3 is 24.1 Å². The van der Waals surface area contributed by atoms with E-state index in [-0.39, 0.29) is 25.0 Å². The number of fused-ring (bicyclic) bond motifs is 1. The minimum absolute atomic E-state index is 0.0122. The third-order valence-electron chi connectivity index (χ3n) is 5.09. The van der Waals surface area contributed by atoms with Gasteiger partial charge in [-0.3, -0.25) is 0 Å². The Morgan fingerprint density at radius 1 is 1.27 bits per heavy atom. The number of benzene rings is 1. The molecule has 0 aromatic heterocycles. The Hall–Kier alpha value is -1.47. The van der Waals surface area contributed by atoms with Crippen LogP contribution in [-0.2, 0) is 30.3 Å². The monoisotopic (exact) mass is 364 g/mol. The molecule has 2 fully saturated rings. The topological polar surface area (TPSA) is 74.2 Å². The molecule has 1 aromatic carbocycles. The number of carbonyl (C=O) groups excluding carboxylic acids is 1. The fourth-order valence-electron chi connectivity index (χ4n) is 3.55. The second kappa shape index (κ2) is 7.27. The average Bonchev–Trinajstić information content (AvgIpc) is 2.92. The molecule has 2 unspecified atom stereocenters. The Morgan fingerprint density at radius 2 is 1.96 bits per heavy atom. The van der Waals surface area contributed by atoms with Crippen LogP contribution in [0.3, 0.4) is 0 Å². The van der Waals surface area contributed by atoms with E-state index in [2.05, 4.69) is 0 Å². The van der Waals surface area contributed by atoms with Crippen LogP contribution >= 0.6 is 0 Å². The lowest BCUT2D eigenvalue weighted by Crippen LogP contribution is -2.59. The van der Waals surface area contributed by atoms with Gasteiger partial charge in [0.1, 0.15) is 12.7 Å². The summed E-state index contributed by atoms with van der Waals surface area (Å²) in [7, 11) is 0. The maximum Gasteiger partial charge on any atom is 0.367 e. The Balaban J connectivity index is 1.74. The van der Waals surface area contributed by atoms with Gasteiger partial charge >= 0.3 is 5.97 Å². The molecular weight excluding hydrogens is 336 g/mol. The average molecular weight is 364 g/mol. The molecule has 1 N–H and O–H groups in total. The Labute approximate surface area is 154 Å². The van der Waals surface area contributed by atoms with Crippen LogP contribution in [0.15, 0.2) is 30.3 Å². The molecule has 6 heteroatoms. The van der Waals surface area contributed by atoms with E-state index in [1.807, 2.05) is 58.0 Å². The van der Waals surface area contributed by atoms with Crippen molar-refractivity contribution in [3.8, 4) is 0 Å². The van der Waals surface area contributed by atoms with Crippen LogP contribution in [0.1, 0.15) is 46.1 Å². The molecule has 0 aliphatic carbocycles. The Morgan fingerprint density at radius 3 is 2.62 bits per heavy atom. The van der Waals surface area contributed by atoms with Gasteiger partial charge in [0, 0.05) is 6.42 Å². The molecule has 2 aliphatic rings. The molecule has 0 radical (unpaired) electrons. The molecule has 0 spiro atoms. The standard InChI is InChI=1S/C20H28O6/c1-5-13(2)16-17-15(24-19(3,4)25-17)11-20(22,26-16)18(21)23-12-14-9-7-6-8-10-14/h6-10,13,15-17,22H,5,11-12H2,1-4H3/t13-,15-,16?,17?,20-/m1/s1. The van der Waals surface area contributed by atoms with Gasteiger partial charge in [-0.2, -0.15) is 0 Å². The first-order chi connectivity index (χ1) is 12.2. The summed E-state index contributed by atoms with van der Waals surface area (Å²) < 4.78 is 23.1. The SMILES string of the molecule is CC[C@@H](C)C1O[C@@](O)(C(=O)OCc2ccccc2)C[C@H]2OC(C)(C)OC12. The predicted molar refractivity (Wildman–Crippen MR) is 94.0 cm³/mol. The van der Waals surface area contributed by atoms with E-state index in [4.69, 9.17) is 18.9 Å². The largest absolute Gasteiger partial charge is 0.457 e. The summed E-state index contributed by atoms with van der Waals surface area (Å²) in [5, 5.41) is 10.9. The highest BCUT2D eigenvalue weighted by molar-refractivity contribution is 5.77. The van der Waals surface area contributed by atoms with Gasteiger partial charge in [0.15, 0.2) is 5.79 Å². The van der Waals surface area contributed by atoms with Crippen molar-refractivity contribution in [3.63, 3.8) is 0 Å². The van der Waals surface area contributed by atoms with Gasteiger partial charge in [-0.1, -0.05) is 50.6 Å². The van der Waals surface area contributed by atoms with E-state index in [1.165, 1.54) is 0 Å². The van der Waals surface area contributed by atoms with Crippen molar-refractivity contribution in [3.05, 3.63) is 35.9 Å². The highest BCUT2D eigenvalue weighted by atomic mass is 16.8. The van der Waals surface area contributed by atoms with E-state index in [0.717, 1.165) is 12.0 Å². The van der Waals surface area contributed by atoms with E-state index in [9.17, 15) is 9.90 Å². The zero-order chi connectivity index (χ0) is 18.9. The summed E-state index contributed by atoms with van der Waals surface area (Å²) in [6.45, 7) is 7.77. The normalized spacial score (nSPS) is 34.1. The van der Waals surface area contributed by atoms with Gasteiger partial charge in [-0.25, -0.2) is 4.79 Å². The van der Waals surface area contributed by atoms with Crippen LogP contribution in [0, 0.1) is 5.92 Å². The van der Waals surface area contributed by atoms with Crippen molar-refractivity contribution in [2.45, 2.75) is 77.0 Å². The minimum Gasteiger partial charge on any atom is -0.457 e. The summed E-state index contributed by atoms with van der Waals surface area (Å²) in [5.74, 6) is -3.51. The lowest BCUT2D eigenvalue weighted by atomic mass is 9.88. The highest BCUT2D eigenvalue weighted by Crippen LogP contribution is 2.43. The molecule has 0 amide bonds. The molecule has 26 heavy (non-hydrogen) atoms. The lowest BCUT2D eigenvalue weighted by Gasteiger charge is -2.42. The molecule has 2 heterocycles. The molecule has 144 valence electrons. The van der Waals surface area contributed by atoms with E-state index in [1.54, 1.807) is 0 Å². The number of aliphatic hydroxyl groups is 1. The highest BCUT2D eigenvalue weighted by Gasteiger charge is 2.58. The van der Waals surface area contributed by atoms with Crippen molar-refractivity contribution >= 4 is 5.97 Å². The fraction of sp³-hybridized carbons (Fsp3) is 0.650. The van der Waals surface area contributed by atoms with Gasteiger partial charge in [-0.15, -0.1) is 0 Å². The Bertz CT molecular complexity index is 630. The van der Waals surface area contributed by atoms with Gasteiger partial charge in [-0.05, 0) is 25.3 Å². The minimum atomic E-state index is -2.03. The number of carbonyl (C=O) groups is 1. The summed E-state index contributed by atoms with van der Waals surface area (Å²) in [6, 6.07) is 9.33. The molecule has 3 rings (SSSR count). The molecule has 2 aliphatic heterocycles. The first-order valence-corrected chi connectivity index (χ1v) is 9.21. The molecule has 2 saturated heterocycles. The summed E-state index contributed by atoms with van der Waals surface area (Å²) in [6.07, 6.45) is -0.377. The van der Waals surface area contributed by atoms with Crippen molar-refractivity contribution in [2.24, 2.45) is 5.92 Å². The molecule has 0 saturated carbocycles. The molecule has 0 bridgehead atoms. The van der Waals surface area contributed by atoms with Crippen LogP contribution in [0.5, 0.6) is 0 Å². The maximum absolute atomic E-state index is 12.6. The predicted octanol–water partition coefficient (Wildman–Crippen LogP) is 2.77. The first kappa shape index (κ1) is 19.3. The van der Waals surface area contributed by atoms with E-state index in [0.29, 0.717) is 0 Å². The third kappa shape index (κ3) is 3.93. The zero-order valence-electron chi connectivity index (χ0n) is 15.8. The van der Waals surface area contributed by atoms with Crippen LogP contribution in [0.4, 0.5) is 0 Å². The number of ether oxygens (including phenoxy) is 4.